The molecule has 15 heteroatoms. The van der Waals surface area contributed by atoms with Gasteiger partial charge in [-0.05, 0) is 141 Å². The standard InChI is InChI=1S/C44H60N6O5.C6H9NO2.C6H15N/c1-10-49-38-19-18-33(25-35(38)36(26-44(5,6)27-55-28-51)41(49)34-17-14-20-45-39(34)30(4)54-9)32-16-13-15-31(23-32)24-37(43(53)50-22-12-11-21-46-50)47-42(52)40(29(2)3)48(7)8;8-4-6-1-2-7(3-6)5-9;1-6(2,3)7(4)5/h13-20,23,25,28-30,37,40,46H,10-12,21-22,24,26-27H2,1-9H3,(H,47,52);4-6H,1-3H2;1-5H3. The Morgan fingerprint density at radius 3 is 2.20 bits per heavy atom. The van der Waals surface area contributed by atoms with Crippen LogP contribution in [-0.2, 0) is 52.8 Å². The monoisotopic (exact) mass is 981 g/mol. The van der Waals surface area contributed by atoms with Crippen LogP contribution in [0.3, 0.4) is 0 Å². The summed E-state index contributed by atoms with van der Waals surface area (Å²) >= 11 is 0. The van der Waals surface area contributed by atoms with Gasteiger partial charge < -0.3 is 34.0 Å². The number of nitrogens with one attached hydrogen (secondary N) is 2. The van der Waals surface area contributed by atoms with Crippen molar-refractivity contribution in [2.45, 2.75) is 125 Å². The number of nitrogens with zero attached hydrogens (tertiary/aromatic N) is 6. The van der Waals surface area contributed by atoms with Crippen molar-refractivity contribution in [3.8, 4) is 22.4 Å². The lowest BCUT2D eigenvalue weighted by Crippen LogP contribution is -2.58. The molecular formula is C56H84N8O7. The molecular weight excluding hydrogens is 897 g/mol. The van der Waals surface area contributed by atoms with E-state index >= 15 is 0 Å². The highest BCUT2D eigenvalue weighted by Gasteiger charge is 2.33. The lowest BCUT2D eigenvalue weighted by Gasteiger charge is -2.33. The van der Waals surface area contributed by atoms with Crippen LogP contribution in [0.25, 0.3) is 33.3 Å². The number of hydrazine groups is 1. The van der Waals surface area contributed by atoms with E-state index in [-0.39, 0.29) is 47.8 Å². The summed E-state index contributed by atoms with van der Waals surface area (Å²) in [7, 11) is 9.65. The van der Waals surface area contributed by atoms with E-state index in [2.05, 4.69) is 112 Å². The van der Waals surface area contributed by atoms with E-state index in [1.54, 1.807) is 23.2 Å². The maximum Gasteiger partial charge on any atom is 0.293 e. The Morgan fingerprint density at radius 2 is 1.65 bits per heavy atom. The number of likely N-dealkylation sites (tertiary alicyclic amines) is 1. The topological polar surface area (TPSA) is 159 Å². The summed E-state index contributed by atoms with van der Waals surface area (Å²) in [6.45, 7) is 23.2. The summed E-state index contributed by atoms with van der Waals surface area (Å²) in [5.41, 5.74) is 11.4. The molecule has 0 aliphatic carbocycles. The van der Waals surface area contributed by atoms with Crippen LogP contribution in [0, 0.1) is 17.3 Å². The fourth-order valence-corrected chi connectivity index (χ4v) is 9.05. The highest BCUT2D eigenvalue weighted by Crippen LogP contribution is 2.42. The molecule has 2 aliphatic rings. The van der Waals surface area contributed by atoms with Gasteiger partial charge in [0.15, 0.2) is 0 Å². The van der Waals surface area contributed by atoms with Crippen LogP contribution in [0.4, 0.5) is 0 Å². The first-order valence-electron chi connectivity index (χ1n) is 25.2. The highest BCUT2D eigenvalue weighted by molar-refractivity contribution is 5.95. The third kappa shape index (κ3) is 16.0. The van der Waals surface area contributed by atoms with Gasteiger partial charge in [0.25, 0.3) is 12.4 Å². The molecule has 2 aliphatic heterocycles. The van der Waals surface area contributed by atoms with Gasteiger partial charge in [0, 0.05) is 85.8 Å². The Labute approximate surface area is 424 Å². The Kier molecular flexibility index (Phi) is 21.9. The van der Waals surface area contributed by atoms with Crippen LogP contribution in [0.1, 0.15) is 105 Å². The molecule has 4 heterocycles. The second-order valence-electron chi connectivity index (χ2n) is 21.4. The SMILES string of the molecule is CCn1c(-c2cccnc2C(C)OC)c(CC(C)(C)COC=O)c2cc(-c3cccc(CC(NC(=O)C(C(C)C)N(C)C)C(=O)N4CCCCN4)c3)ccc21.CN(C)C(C)(C)C.O=CC1CCN(C=O)C1. The van der Waals surface area contributed by atoms with Crippen molar-refractivity contribution in [2.75, 3.05) is 68.1 Å². The molecule has 4 atom stereocenters. The van der Waals surface area contributed by atoms with Gasteiger partial charge in [-0.3, -0.25) is 34.1 Å². The molecule has 3 amide bonds. The Morgan fingerprint density at radius 1 is 0.944 bits per heavy atom. The van der Waals surface area contributed by atoms with Crippen molar-refractivity contribution in [2.24, 2.45) is 17.3 Å². The summed E-state index contributed by atoms with van der Waals surface area (Å²) in [4.78, 5) is 69.6. The minimum atomic E-state index is -0.733. The van der Waals surface area contributed by atoms with Gasteiger partial charge in [0.2, 0.25) is 12.3 Å². The number of ether oxygens (including phenoxy) is 2. The first-order valence-corrected chi connectivity index (χ1v) is 25.2. The molecule has 2 fully saturated rings. The van der Waals surface area contributed by atoms with Gasteiger partial charge in [-0.1, -0.05) is 58.0 Å². The largest absolute Gasteiger partial charge is 0.467 e. The minimum absolute atomic E-state index is 0.0707. The van der Waals surface area contributed by atoms with Crippen LogP contribution in [0.15, 0.2) is 60.8 Å². The fraction of sp³-hybridized carbons (Fsp3) is 0.571. The number of hydrogen-bond donors (Lipinski definition) is 2. The second-order valence-corrected chi connectivity index (χ2v) is 21.4. The molecule has 390 valence electrons. The Bertz CT molecular complexity index is 2340. The number of aromatic nitrogens is 2. The molecule has 0 saturated carbocycles. The number of pyridine rings is 1. The molecule has 71 heavy (non-hydrogen) atoms. The van der Waals surface area contributed by atoms with Crippen molar-refractivity contribution in [3.63, 3.8) is 0 Å². The number of hydrogen-bond acceptors (Lipinski definition) is 11. The normalized spacial score (nSPS) is 16.4. The fourth-order valence-electron chi connectivity index (χ4n) is 9.05. The summed E-state index contributed by atoms with van der Waals surface area (Å²) in [5, 5.41) is 5.92. The zero-order valence-electron chi connectivity index (χ0n) is 45.2. The summed E-state index contributed by atoms with van der Waals surface area (Å²) in [6, 6.07) is 17.8. The molecule has 4 aromatic rings. The average Bonchev–Trinajstić information content (AvgIpc) is 3.94. The van der Waals surface area contributed by atoms with Gasteiger partial charge >= 0.3 is 0 Å². The highest BCUT2D eigenvalue weighted by atomic mass is 16.5. The minimum Gasteiger partial charge on any atom is -0.467 e. The number of rotatable bonds is 19. The van der Waals surface area contributed by atoms with E-state index in [0.29, 0.717) is 37.9 Å². The molecule has 0 radical (unpaired) electrons. The predicted octanol–water partition coefficient (Wildman–Crippen LogP) is 7.59. The van der Waals surface area contributed by atoms with Crippen LogP contribution in [-0.4, -0.2) is 146 Å². The van der Waals surface area contributed by atoms with Crippen molar-refractivity contribution in [1.82, 2.24) is 40.0 Å². The Balaban J connectivity index is 0.000000581. The van der Waals surface area contributed by atoms with Gasteiger partial charge in [0.05, 0.1) is 30.1 Å². The van der Waals surface area contributed by atoms with E-state index in [1.165, 1.54) is 0 Å². The van der Waals surface area contributed by atoms with E-state index in [0.717, 1.165) is 102 Å². The first-order chi connectivity index (χ1) is 33.6. The molecule has 15 nitrogen and oxygen atoms in total. The van der Waals surface area contributed by atoms with Crippen LogP contribution in [0.5, 0.6) is 0 Å². The molecule has 6 rings (SSSR count). The van der Waals surface area contributed by atoms with E-state index in [4.69, 9.17) is 14.5 Å². The molecule has 0 spiro atoms. The number of amides is 3. The molecule has 2 aromatic heterocycles. The van der Waals surface area contributed by atoms with Gasteiger partial charge in [-0.2, -0.15) is 0 Å². The van der Waals surface area contributed by atoms with Crippen molar-refractivity contribution in [3.05, 3.63) is 77.6 Å². The molecule has 2 aromatic carbocycles. The number of fused-ring (bicyclic) bond motifs is 1. The third-order valence-corrected chi connectivity index (χ3v) is 13.6. The quantitative estimate of drug-likeness (QED) is 0.0893. The van der Waals surface area contributed by atoms with Gasteiger partial charge in [-0.25, -0.2) is 5.43 Å². The summed E-state index contributed by atoms with van der Waals surface area (Å²) in [6.07, 6.45) is 7.06. The summed E-state index contributed by atoms with van der Waals surface area (Å²) < 4.78 is 13.4. The van der Waals surface area contributed by atoms with Crippen LogP contribution < -0.4 is 10.7 Å². The second kappa shape index (κ2) is 26.8. The van der Waals surface area contributed by atoms with Gasteiger partial charge in [-0.15, -0.1) is 0 Å². The van der Waals surface area contributed by atoms with Crippen molar-refractivity contribution in [1.29, 1.82) is 0 Å². The van der Waals surface area contributed by atoms with Crippen molar-refractivity contribution >= 4 is 41.9 Å². The summed E-state index contributed by atoms with van der Waals surface area (Å²) in [5.74, 6) is -0.117. The number of benzene rings is 2. The van der Waals surface area contributed by atoms with Crippen molar-refractivity contribution < 1.29 is 33.4 Å². The first kappa shape index (κ1) is 58.1. The Hall–Kier alpha value is -5.48. The average molecular weight is 981 g/mol. The van der Waals surface area contributed by atoms with Crippen LogP contribution >= 0.6 is 0 Å². The molecule has 0 bridgehead atoms. The van der Waals surface area contributed by atoms with E-state index in [1.807, 2.05) is 58.0 Å². The lowest BCUT2D eigenvalue weighted by molar-refractivity contribution is -0.141. The zero-order chi connectivity index (χ0) is 52.6. The molecule has 4 unspecified atom stereocenters. The molecule has 2 N–H and O–H groups in total. The lowest BCUT2D eigenvalue weighted by atomic mass is 9.84. The third-order valence-electron chi connectivity index (χ3n) is 13.6. The number of aryl methyl sites for hydroxylation is 1. The van der Waals surface area contributed by atoms with Gasteiger partial charge in [0.1, 0.15) is 12.3 Å². The number of carbonyl (C=O) groups excluding carboxylic acids is 5. The number of methoxy groups -OCH3 is 1. The van der Waals surface area contributed by atoms with E-state index < -0.39 is 6.04 Å². The predicted molar refractivity (Wildman–Crippen MR) is 283 cm³/mol. The number of aldehydes is 1. The maximum atomic E-state index is 14.0. The number of carbonyl (C=O) groups is 5. The van der Waals surface area contributed by atoms with Crippen LogP contribution in [0.2, 0.25) is 0 Å². The zero-order valence-corrected chi connectivity index (χ0v) is 45.2. The maximum absolute atomic E-state index is 14.0. The smallest absolute Gasteiger partial charge is 0.293 e. The van der Waals surface area contributed by atoms with E-state index in [9.17, 15) is 24.0 Å². The number of likely N-dealkylation sites (N-methyl/N-ethyl adjacent to an activating group) is 1. The molecule has 2 saturated heterocycles.